The summed E-state index contributed by atoms with van der Waals surface area (Å²) in [6.45, 7) is 0. The van der Waals surface area contributed by atoms with E-state index < -0.39 is 17.6 Å². The van der Waals surface area contributed by atoms with Crippen LogP contribution in [-0.2, 0) is 9.59 Å². The van der Waals surface area contributed by atoms with Gasteiger partial charge in [-0.15, -0.1) is 0 Å². The topological polar surface area (TPSA) is 89.0 Å². The van der Waals surface area contributed by atoms with Gasteiger partial charge in [0.15, 0.2) is 0 Å². The monoisotopic (exact) mass is 345 g/mol. The van der Waals surface area contributed by atoms with Gasteiger partial charge >= 0.3 is 11.8 Å². The van der Waals surface area contributed by atoms with Crippen LogP contribution >= 0.6 is 0 Å². The third kappa shape index (κ3) is 4.77. The Morgan fingerprint density at radius 1 is 1.08 bits per heavy atom. The molecular weight excluding hydrogens is 329 g/mol. The molecule has 0 aliphatic heterocycles. The number of benzene rings is 2. The molecule has 130 valence electrons. The van der Waals surface area contributed by atoms with Crippen molar-refractivity contribution in [2.45, 2.75) is 0 Å². The highest BCUT2D eigenvalue weighted by molar-refractivity contribution is 6.39. The van der Waals surface area contributed by atoms with E-state index in [1.165, 1.54) is 38.5 Å². The van der Waals surface area contributed by atoms with E-state index in [1.807, 2.05) is 5.43 Å². The van der Waals surface area contributed by atoms with Crippen molar-refractivity contribution in [2.24, 2.45) is 5.10 Å². The minimum atomic E-state index is -1.02. The summed E-state index contributed by atoms with van der Waals surface area (Å²) in [5, 5.41) is 5.95. The van der Waals surface area contributed by atoms with Gasteiger partial charge in [-0.3, -0.25) is 9.59 Å². The Bertz CT molecular complexity index is 808. The summed E-state index contributed by atoms with van der Waals surface area (Å²) in [6.07, 6.45) is 1.10. The van der Waals surface area contributed by atoms with Crippen LogP contribution in [0.25, 0.3) is 0 Å². The van der Waals surface area contributed by atoms with Crippen molar-refractivity contribution in [1.82, 2.24) is 5.43 Å². The lowest BCUT2D eigenvalue weighted by Gasteiger charge is -2.11. The van der Waals surface area contributed by atoms with Crippen LogP contribution in [-0.4, -0.2) is 32.2 Å². The van der Waals surface area contributed by atoms with E-state index in [-0.39, 0.29) is 11.3 Å². The summed E-state index contributed by atoms with van der Waals surface area (Å²) < 4.78 is 23.6. The molecule has 0 unspecified atom stereocenters. The molecule has 0 aromatic heterocycles. The first-order valence-corrected chi connectivity index (χ1v) is 7.16. The van der Waals surface area contributed by atoms with Crippen LogP contribution in [0.3, 0.4) is 0 Å². The van der Waals surface area contributed by atoms with Crippen molar-refractivity contribution in [3.63, 3.8) is 0 Å². The minimum Gasteiger partial charge on any atom is -0.497 e. The molecule has 8 heteroatoms. The van der Waals surface area contributed by atoms with Crippen molar-refractivity contribution < 1.29 is 23.5 Å². The second-order valence-electron chi connectivity index (χ2n) is 4.74. The molecule has 0 fully saturated rings. The predicted molar refractivity (Wildman–Crippen MR) is 90.3 cm³/mol. The summed E-state index contributed by atoms with van der Waals surface area (Å²) in [7, 11) is 2.90. The van der Waals surface area contributed by atoms with Crippen LogP contribution in [0.4, 0.5) is 10.1 Å². The van der Waals surface area contributed by atoms with E-state index in [0.29, 0.717) is 11.5 Å². The Hall–Kier alpha value is -3.42. The number of halogens is 1. The van der Waals surface area contributed by atoms with Crippen LogP contribution in [0.1, 0.15) is 5.56 Å². The quantitative estimate of drug-likeness (QED) is 0.492. The van der Waals surface area contributed by atoms with Gasteiger partial charge in [-0.05, 0) is 18.2 Å². The van der Waals surface area contributed by atoms with Gasteiger partial charge in [0, 0.05) is 11.6 Å². The third-order valence-corrected chi connectivity index (χ3v) is 3.14. The van der Waals surface area contributed by atoms with E-state index in [4.69, 9.17) is 9.47 Å². The van der Waals surface area contributed by atoms with Gasteiger partial charge in [0.1, 0.15) is 17.3 Å². The molecule has 0 spiro atoms. The number of rotatable bonds is 5. The van der Waals surface area contributed by atoms with Crippen molar-refractivity contribution in [2.75, 3.05) is 19.5 Å². The Labute approximate surface area is 143 Å². The number of amides is 2. The molecule has 0 saturated heterocycles. The number of carbonyl (C=O) groups excluding carboxylic acids is 2. The first kappa shape index (κ1) is 17.9. The highest BCUT2D eigenvalue weighted by atomic mass is 19.1. The fourth-order valence-corrected chi connectivity index (χ4v) is 1.88. The van der Waals surface area contributed by atoms with E-state index in [1.54, 1.807) is 18.2 Å². The van der Waals surface area contributed by atoms with E-state index in [0.717, 1.165) is 6.21 Å². The third-order valence-electron chi connectivity index (χ3n) is 3.14. The largest absolute Gasteiger partial charge is 0.497 e. The molecule has 0 heterocycles. The molecule has 2 N–H and O–H groups in total. The molecule has 7 nitrogen and oxygen atoms in total. The molecule has 0 aliphatic carbocycles. The first-order valence-electron chi connectivity index (χ1n) is 7.16. The molecule has 2 amide bonds. The summed E-state index contributed by atoms with van der Waals surface area (Å²) in [4.78, 5) is 23.7. The molecule has 2 aromatic rings. The number of nitrogens with one attached hydrogen (secondary N) is 2. The number of anilines is 1. The molecule has 0 aliphatic rings. The maximum atomic E-state index is 13.4. The van der Waals surface area contributed by atoms with Gasteiger partial charge in [-0.2, -0.15) is 5.10 Å². The first-order chi connectivity index (χ1) is 12.0. The smallest absolute Gasteiger partial charge is 0.329 e. The zero-order chi connectivity index (χ0) is 18.2. The van der Waals surface area contributed by atoms with Crippen LogP contribution in [0.15, 0.2) is 47.6 Å². The second kappa shape index (κ2) is 8.44. The Kier molecular flexibility index (Phi) is 6.05. The summed E-state index contributed by atoms with van der Waals surface area (Å²) in [6, 6.07) is 10.6. The summed E-state index contributed by atoms with van der Waals surface area (Å²) in [5.74, 6) is -1.63. The zero-order valence-electron chi connectivity index (χ0n) is 13.6. The van der Waals surface area contributed by atoms with Gasteiger partial charge < -0.3 is 14.8 Å². The van der Waals surface area contributed by atoms with Crippen LogP contribution in [0.2, 0.25) is 0 Å². The molecule has 2 aromatic carbocycles. The van der Waals surface area contributed by atoms with Crippen molar-refractivity contribution >= 4 is 23.7 Å². The average molecular weight is 345 g/mol. The molecular formula is C17H16FN3O4. The van der Waals surface area contributed by atoms with E-state index >= 15 is 0 Å². The van der Waals surface area contributed by atoms with Crippen molar-refractivity contribution in [3.05, 3.63) is 53.8 Å². The molecule has 0 bridgehead atoms. The van der Waals surface area contributed by atoms with Crippen molar-refractivity contribution in [3.8, 4) is 11.5 Å². The van der Waals surface area contributed by atoms with E-state index in [9.17, 15) is 14.0 Å². The summed E-state index contributed by atoms with van der Waals surface area (Å²) >= 11 is 0. The predicted octanol–water partition coefficient (Wildman–Crippen LogP) is 1.93. The SMILES string of the molecule is COc1ccc(OC)c(NC(=O)C(=O)N/N=C/c2ccccc2F)c1. The second-order valence-corrected chi connectivity index (χ2v) is 4.74. The molecule has 0 atom stereocenters. The average Bonchev–Trinajstić information content (AvgIpc) is 2.63. The van der Waals surface area contributed by atoms with E-state index in [2.05, 4.69) is 10.4 Å². The number of methoxy groups -OCH3 is 2. The zero-order valence-corrected chi connectivity index (χ0v) is 13.6. The molecule has 2 rings (SSSR count). The highest BCUT2D eigenvalue weighted by Crippen LogP contribution is 2.28. The fraction of sp³-hybridized carbons (Fsp3) is 0.118. The van der Waals surface area contributed by atoms with Crippen LogP contribution in [0.5, 0.6) is 11.5 Å². The highest BCUT2D eigenvalue weighted by Gasteiger charge is 2.16. The van der Waals surface area contributed by atoms with Gasteiger partial charge in [0.2, 0.25) is 0 Å². The van der Waals surface area contributed by atoms with Gasteiger partial charge in [-0.25, -0.2) is 9.82 Å². The molecule has 25 heavy (non-hydrogen) atoms. The summed E-state index contributed by atoms with van der Waals surface area (Å²) in [5.41, 5.74) is 2.47. The lowest BCUT2D eigenvalue weighted by molar-refractivity contribution is -0.136. The Balaban J connectivity index is 2.01. The lowest BCUT2D eigenvalue weighted by atomic mass is 10.2. The molecule has 0 radical (unpaired) electrons. The lowest BCUT2D eigenvalue weighted by Crippen LogP contribution is -2.32. The van der Waals surface area contributed by atoms with Gasteiger partial charge in [0.05, 0.1) is 26.1 Å². The van der Waals surface area contributed by atoms with Crippen LogP contribution < -0.4 is 20.2 Å². The van der Waals surface area contributed by atoms with Crippen LogP contribution in [0, 0.1) is 5.82 Å². The maximum Gasteiger partial charge on any atom is 0.329 e. The number of ether oxygens (including phenoxy) is 2. The van der Waals surface area contributed by atoms with Crippen molar-refractivity contribution in [1.29, 1.82) is 0 Å². The van der Waals surface area contributed by atoms with Gasteiger partial charge in [-0.1, -0.05) is 18.2 Å². The molecule has 0 saturated carbocycles. The number of hydrogen-bond acceptors (Lipinski definition) is 5. The Morgan fingerprint density at radius 2 is 1.84 bits per heavy atom. The normalized spacial score (nSPS) is 10.4. The van der Waals surface area contributed by atoms with Gasteiger partial charge in [0.25, 0.3) is 0 Å². The minimum absolute atomic E-state index is 0.178. The Morgan fingerprint density at radius 3 is 2.52 bits per heavy atom. The number of hydrazone groups is 1. The number of carbonyl (C=O) groups is 2. The number of hydrogen-bond donors (Lipinski definition) is 2. The fourth-order valence-electron chi connectivity index (χ4n) is 1.88. The maximum absolute atomic E-state index is 13.4. The number of nitrogens with zero attached hydrogens (tertiary/aromatic N) is 1. The standard InChI is InChI=1S/C17H16FN3O4/c1-24-12-7-8-15(25-2)14(9-12)20-16(22)17(23)21-19-10-11-5-3-4-6-13(11)18/h3-10H,1-2H3,(H,20,22)(H,21,23)/b19-10+.